The highest BCUT2D eigenvalue weighted by Gasteiger charge is 2.33. The van der Waals surface area contributed by atoms with Gasteiger partial charge in [-0.05, 0) is 37.6 Å². The van der Waals surface area contributed by atoms with Crippen molar-refractivity contribution in [3.8, 4) is 0 Å². The topological polar surface area (TPSA) is 78.5 Å². The summed E-state index contributed by atoms with van der Waals surface area (Å²) in [6.45, 7) is 3.61. The van der Waals surface area contributed by atoms with Gasteiger partial charge >= 0.3 is 5.97 Å². The minimum absolute atomic E-state index is 0.192. The highest BCUT2D eigenvalue weighted by atomic mass is 32.1. The van der Waals surface area contributed by atoms with Crippen molar-refractivity contribution in [2.45, 2.75) is 19.9 Å². The number of carbonyl (C=O) groups excluding carboxylic acids is 1. The van der Waals surface area contributed by atoms with Crippen LogP contribution in [0.1, 0.15) is 31.0 Å². The fourth-order valence-electron chi connectivity index (χ4n) is 3.42. The average Bonchev–Trinajstić information content (AvgIpc) is 3.24. The number of halogens is 1. The summed E-state index contributed by atoms with van der Waals surface area (Å²) in [5.74, 6) is -0.948. The molecule has 2 aromatic heterocycles. The molecule has 1 aromatic carbocycles. The first-order valence-electron chi connectivity index (χ1n) is 9.33. The van der Waals surface area contributed by atoms with E-state index in [4.69, 9.17) is 4.74 Å². The van der Waals surface area contributed by atoms with Gasteiger partial charge in [0, 0.05) is 18.8 Å². The summed E-state index contributed by atoms with van der Waals surface area (Å²) in [6.07, 6.45) is 5.19. The average molecular weight is 426 g/mol. The third kappa shape index (κ3) is 3.52. The minimum Gasteiger partial charge on any atom is -0.463 e. The molecule has 7 nitrogen and oxygen atoms in total. The molecule has 1 aliphatic heterocycles. The maximum atomic E-state index is 13.5. The van der Waals surface area contributed by atoms with E-state index in [1.165, 1.54) is 28.0 Å². The van der Waals surface area contributed by atoms with Gasteiger partial charge in [0.05, 0.1) is 34.6 Å². The molecule has 0 saturated carbocycles. The minimum atomic E-state index is -0.753. The highest BCUT2D eigenvalue weighted by molar-refractivity contribution is 7.07. The number of thiazole rings is 1. The smallest absolute Gasteiger partial charge is 0.338 e. The second-order valence-corrected chi connectivity index (χ2v) is 7.81. The van der Waals surface area contributed by atoms with Crippen LogP contribution in [0.4, 0.5) is 4.39 Å². The maximum absolute atomic E-state index is 13.5. The standard InChI is InChI=1S/C21H19FN4O3S/c1-4-29-20(28)17-12(2)24-21-26(18(17)14-5-7-15(22)8-6-14)19(27)16(30-21)9-13-10-23-25(3)11-13/h5-11,18H,4H2,1-3H3/t18-/m0/s1. The van der Waals surface area contributed by atoms with Crippen LogP contribution in [0.2, 0.25) is 0 Å². The Morgan fingerprint density at radius 1 is 1.33 bits per heavy atom. The van der Waals surface area contributed by atoms with Crippen molar-refractivity contribution in [3.05, 3.63) is 84.6 Å². The number of allylic oxidation sites excluding steroid dienone is 1. The van der Waals surface area contributed by atoms with Crippen LogP contribution < -0.4 is 14.9 Å². The zero-order valence-electron chi connectivity index (χ0n) is 16.6. The van der Waals surface area contributed by atoms with Crippen molar-refractivity contribution in [1.82, 2.24) is 14.3 Å². The molecule has 4 rings (SSSR count). The molecule has 1 aliphatic rings. The van der Waals surface area contributed by atoms with Crippen LogP contribution >= 0.6 is 11.3 Å². The molecule has 0 saturated heterocycles. The first-order valence-corrected chi connectivity index (χ1v) is 10.1. The molecule has 0 amide bonds. The van der Waals surface area contributed by atoms with E-state index in [2.05, 4.69) is 10.1 Å². The number of carbonyl (C=O) groups is 1. The second kappa shape index (κ2) is 7.83. The maximum Gasteiger partial charge on any atom is 0.338 e. The number of hydrogen-bond donors (Lipinski definition) is 0. The Labute approximate surface area is 175 Å². The highest BCUT2D eigenvalue weighted by Crippen LogP contribution is 2.30. The van der Waals surface area contributed by atoms with Crippen LogP contribution in [-0.2, 0) is 16.6 Å². The molecule has 3 heterocycles. The molecule has 0 aliphatic carbocycles. The predicted octanol–water partition coefficient (Wildman–Crippen LogP) is 1.67. The third-order valence-electron chi connectivity index (χ3n) is 4.73. The Morgan fingerprint density at radius 3 is 2.70 bits per heavy atom. The first-order chi connectivity index (χ1) is 14.4. The summed E-state index contributed by atoms with van der Waals surface area (Å²) in [5, 5.41) is 4.12. The van der Waals surface area contributed by atoms with Crippen molar-refractivity contribution >= 4 is 23.4 Å². The summed E-state index contributed by atoms with van der Waals surface area (Å²) in [5.41, 5.74) is 1.83. The number of nitrogens with zero attached hydrogens (tertiary/aromatic N) is 4. The Kier molecular flexibility index (Phi) is 5.21. The van der Waals surface area contributed by atoms with Crippen LogP contribution in [0, 0.1) is 5.82 Å². The van der Waals surface area contributed by atoms with E-state index in [0.29, 0.717) is 20.6 Å². The van der Waals surface area contributed by atoms with Crippen molar-refractivity contribution in [3.63, 3.8) is 0 Å². The van der Waals surface area contributed by atoms with E-state index < -0.39 is 17.8 Å². The Balaban J connectivity index is 1.96. The molecule has 0 bridgehead atoms. The molecular weight excluding hydrogens is 407 g/mol. The number of esters is 1. The Morgan fingerprint density at radius 2 is 2.07 bits per heavy atom. The van der Waals surface area contributed by atoms with Crippen molar-refractivity contribution in [2.75, 3.05) is 6.61 Å². The molecule has 1 atom stereocenters. The zero-order chi connectivity index (χ0) is 21.4. The van der Waals surface area contributed by atoms with Gasteiger partial charge in [0.2, 0.25) is 0 Å². The van der Waals surface area contributed by atoms with E-state index >= 15 is 0 Å². The second-order valence-electron chi connectivity index (χ2n) is 6.80. The fourth-order valence-corrected chi connectivity index (χ4v) is 4.46. The van der Waals surface area contributed by atoms with Crippen LogP contribution in [0.3, 0.4) is 0 Å². The summed E-state index contributed by atoms with van der Waals surface area (Å²) in [6, 6.07) is 4.99. The van der Waals surface area contributed by atoms with Gasteiger partial charge in [-0.2, -0.15) is 5.10 Å². The van der Waals surface area contributed by atoms with Crippen LogP contribution in [0.5, 0.6) is 0 Å². The van der Waals surface area contributed by atoms with E-state index in [1.54, 1.807) is 56.2 Å². The van der Waals surface area contributed by atoms with Gasteiger partial charge in [0.25, 0.3) is 5.56 Å². The first kappa shape index (κ1) is 20.0. The molecule has 0 spiro atoms. The molecule has 0 fully saturated rings. The van der Waals surface area contributed by atoms with E-state index in [9.17, 15) is 14.0 Å². The van der Waals surface area contributed by atoms with Gasteiger partial charge in [0.15, 0.2) is 4.80 Å². The number of fused-ring (bicyclic) bond motifs is 1. The van der Waals surface area contributed by atoms with E-state index in [1.807, 2.05) is 0 Å². The molecule has 3 aromatic rings. The van der Waals surface area contributed by atoms with Gasteiger partial charge < -0.3 is 4.74 Å². The molecule has 30 heavy (non-hydrogen) atoms. The summed E-state index contributed by atoms with van der Waals surface area (Å²) >= 11 is 1.23. The molecule has 0 N–H and O–H groups in total. The fraction of sp³-hybridized carbons (Fsp3) is 0.238. The number of rotatable bonds is 4. The summed E-state index contributed by atoms with van der Waals surface area (Å²) in [7, 11) is 1.79. The molecular formula is C21H19FN4O3S. The predicted molar refractivity (Wildman–Crippen MR) is 110 cm³/mol. The summed E-state index contributed by atoms with van der Waals surface area (Å²) in [4.78, 5) is 31.0. The number of aryl methyl sites for hydroxylation is 1. The van der Waals surface area contributed by atoms with Gasteiger partial charge in [-0.3, -0.25) is 14.0 Å². The number of hydrogen-bond acceptors (Lipinski definition) is 6. The molecule has 154 valence electrons. The van der Waals surface area contributed by atoms with Crippen molar-refractivity contribution in [1.29, 1.82) is 0 Å². The van der Waals surface area contributed by atoms with Gasteiger partial charge in [0.1, 0.15) is 5.82 Å². The molecule has 0 unspecified atom stereocenters. The van der Waals surface area contributed by atoms with Crippen molar-refractivity contribution < 1.29 is 13.9 Å². The van der Waals surface area contributed by atoms with Crippen LogP contribution in [0.15, 0.2) is 57.7 Å². The number of ether oxygens (including phenoxy) is 1. The number of benzene rings is 1. The van der Waals surface area contributed by atoms with Gasteiger partial charge in [-0.15, -0.1) is 0 Å². The van der Waals surface area contributed by atoms with Gasteiger partial charge in [-0.1, -0.05) is 23.5 Å². The molecule has 9 heteroatoms. The molecule has 0 radical (unpaired) electrons. The summed E-state index contributed by atoms with van der Waals surface area (Å²) < 4.78 is 22.3. The lowest BCUT2D eigenvalue weighted by atomic mass is 9.96. The normalized spacial score (nSPS) is 16.4. The quantitative estimate of drug-likeness (QED) is 0.595. The van der Waals surface area contributed by atoms with E-state index in [0.717, 1.165) is 5.56 Å². The Bertz CT molecular complexity index is 1330. The SMILES string of the molecule is CCOC(=O)C1=C(C)N=c2sc(=Cc3cnn(C)c3)c(=O)n2[C@H]1c1ccc(F)cc1. The van der Waals surface area contributed by atoms with Gasteiger partial charge in [-0.25, -0.2) is 14.2 Å². The lowest BCUT2D eigenvalue weighted by molar-refractivity contribution is -0.139. The lowest BCUT2D eigenvalue weighted by Gasteiger charge is -2.24. The van der Waals surface area contributed by atoms with Crippen molar-refractivity contribution in [2.24, 2.45) is 12.0 Å². The third-order valence-corrected chi connectivity index (χ3v) is 5.71. The van der Waals surface area contributed by atoms with E-state index in [-0.39, 0.29) is 17.7 Å². The largest absolute Gasteiger partial charge is 0.463 e. The van der Waals surface area contributed by atoms with Crippen LogP contribution in [0.25, 0.3) is 6.08 Å². The number of aromatic nitrogens is 3. The Hall–Kier alpha value is -3.33. The lowest BCUT2D eigenvalue weighted by Crippen LogP contribution is -2.39. The van der Waals surface area contributed by atoms with Crippen LogP contribution in [-0.4, -0.2) is 26.9 Å². The monoisotopic (exact) mass is 426 g/mol. The zero-order valence-corrected chi connectivity index (χ0v) is 17.4.